The molecule has 0 atom stereocenters. The van der Waals surface area contributed by atoms with Crippen molar-refractivity contribution in [3.05, 3.63) is 78.1 Å². The minimum absolute atomic E-state index is 0.0666. The van der Waals surface area contributed by atoms with Gasteiger partial charge >= 0.3 is 6.03 Å². The standard InChI is InChI=1S/C29H24N8O3S/c30-15-23-25(26(27-31-17-33-35-27)41-28(23)37-9-11-40-12-10-37)18-5-7-22(8-6-18)34-29(39)36-32-16-21-13-19-3-1-2-4-20(19)14-24(21)38/h1-8,13-14,16-17,38H,9-12H2,(H,31,33,35)(H2,34,36,39)/b32-16+. The Hall–Kier alpha value is -5.25. The third-order valence-corrected chi connectivity index (χ3v) is 7.88. The average Bonchev–Trinajstić information content (AvgIpc) is 3.67. The summed E-state index contributed by atoms with van der Waals surface area (Å²) in [5, 5.41) is 36.8. The van der Waals surface area contributed by atoms with Crippen LogP contribution in [0.1, 0.15) is 11.1 Å². The summed E-state index contributed by atoms with van der Waals surface area (Å²) in [6, 6.07) is 20.2. The summed E-state index contributed by atoms with van der Waals surface area (Å²) in [5.74, 6) is 0.648. The Balaban J connectivity index is 1.19. The molecular weight excluding hydrogens is 540 g/mol. The highest BCUT2D eigenvalue weighted by Crippen LogP contribution is 2.46. The molecule has 6 rings (SSSR count). The normalized spacial score (nSPS) is 13.4. The Labute approximate surface area is 238 Å². The highest BCUT2D eigenvalue weighted by atomic mass is 32.1. The van der Waals surface area contributed by atoms with Crippen LogP contribution in [-0.2, 0) is 4.74 Å². The Morgan fingerprint density at radius 2 is 1.90 bits per heavy atom. The quantitative estimate of drug-likeness (QED) is 0.169. The SMILES string of the molecule is N#Cc1c(N2CCOCC2)sc(-c2ncn[nH]2)c1-c1ccc(NC(=O)N/N=C/c2cc3ccccc3cc2O)cc1. The minimum atomic E-state index is -0.542. The number of carbonyl (C=O) groups is 1. The maximum absolute atomic E-state index is 12.5. The van der Waals surface area contributed by atoms with Gasteiger partial charge < -0.3 is 20.1 Å². The number of aromatic nitrogens is 3. The number of phenolic OH excluding ortho intramolecular Hbond substituents is 1. The van der Waals surface area contributed by atoms with E-state index in [2.05, 4.69) is 42.0 Å². The zero-order valence-electron chi connectivity index (χ0n) is 21.7. The lowest BCUT2D eigenvalue weighted by Gasteiger charge is -2.27. The molecule has 0 unspecified atom stereocenters. The lowest BCUT2D eigenvalue weighted by molar-refractivity contribution is 0.123. The molecule has 3 aromatic carbocycles. The second-order valence-corrected chi connectivity index (χ2v) is 10.2. The fourth-order valence-electron chi connectivity index (χ4n) is 4.66. The second kappa shape index (κ2) is 11.5. The number of carbonyl (C=O) groups excluding carboxylic acids is 1. The van der Waals surface area contributed by atoms with Crippen molar-refractivity contribution in [3.8, 4) is 33.6 Å². The number of hydrogen-bond acceptors (Lipinski definition) is 9. The number of H-pyrrole nitrogens is 1. The van der Waals surface area contributed by atoms with Crippen molar-refractivity contribution < 1.29 is 14.6 Å². The third kappa shape index (κ3) is 5.44. The van der Waals surface area contributed by atoms with Crippen LogP contribution in [0, 0.1) is 11.3 Å². The number of morpholine rings is 1. The van der Waals surface area contributed by atoms with Gasteiger partial charge in [-0.1, -0.05) is 36.4 Å². The molecule has 0 aliphatic carbocycles. The number of amides is 2. The van der Waals surface area contributed by atoms with Crippen LogP contribution in [0.2, 0.25) is 0 Å². The number of phenols is 1. The maximum Gasteiger partial charge on any atom is 0.339 e. The fourth-order valence-corrected chi connectivity index (χ4v) is 5.93. The van der Waals surface area contributed by atoms with Gasteiger partial charge in [0.05, 0.1) is 29.9 Å². The molecule has 1 fully saturated rings. The van der Waals surface area contributed by atoms with Crippen LogP contribution in [0.15, 0.2) is 72.1 Å². The number of nitrogens with zero attached hydrogens (tertiary/aromatic N) is 5. The molecule has 0 saturated carbocycles. The number of urea groups is 1. The Morgan fingerprint density at radius 1 is 1.15 bits per heavy atom. The smallest absolute Gasteiger partial charge is 0.339 e. The van der Waals surface area contributed by atoms with Gasteiger partial charge in [0, 0.05) is 29.9 Å². The Morgan fingerprint density at radius 3 is 2.61 bits per heavy atom. The van der Waals surface area contributed by atoms with Crippen LogP contribution in [0.25, 0.3) is 32.6 Å². The van der Waals surface area contributed by atoms with Crippen molar-refractivity contribution in [1.29, 1.82) is 5.26 Å². The summed E-state index contributed by atoms with van der Waals surface area (Å²) in [4.78, 5) is 19.8. The van der Waals surface area contributed by atoms with Crippen molar-refractivity contribution in [2.24, 2.45) is 5.10 Å². The van der Waals surface area contributed by atoms with Crippen molar-refractivity contribution >= 4 is 45.0 Å². The number of ether oxygens (including phenoxy) is 1. The zero-order chi connectivity index (χ0) is 28.2. The molecule has 0 spiro atoms. The Bertz CT molecular complexity index is 1770. The average molecular weight is 565 g/mol. The molecule has 0 bridgehead atoms. The minimum Gasteiger partial charge on any atom is -0.507 e. The number of aromatic hydroxyl groups is 1. The van der Waals surface area contributed by atoms with Gasteiger partial charge in [-0.25, -0.2) is 15.2 Å². The lowest BCUT2D eigenvalue weighted by atomic mass is 10.0. The van der Waals surface area contributed by atoms with E-state index in [1.54, 1.807) is 24.3 Å². The summed E-state index contributed by atoms with van der Waals surface area (Å²) in [7, 11) is 0. The second-order valence-electron chi connectivity index (χ2n) is 9.19. The van der Waals surface area contributed by atoms with Crippen molar-refractivity contribution in [2.75, 3.05) is 36.5 Å². The van der Waals surface area contributed by atoms with Gasteiger partial charge in [0.25, 0.3) is 0 Å². The first-order valence-electron chi connectivity index (χ1n) is 12.8. The largest absolute Gasteiger partial charge is 0.507 e. The molecule has 2 amide bonds. The van der Waals surface area contributed by atoms with Gasteiger partial charge in [0.1, 0.15) is 23.1 Å². The number of anilines is 2. The molecule has 204 valence electrons. The lowest BCUT2D eigenvalue weighted by Crippen LogP contribution is -2.36. The topological polar surface area (TPSA) is 152 Å². The van der Waals surface area contributed by atoms with Crippen molar-refractivity contribution in [2.45, 2.75) is 0 Å². The van der Waals surface area contributed by atoms with E-state index >= 15 is 0 Å². The van der Waals surface area contributed by atoms with Gasteiger partial charge in [0.15, 0.2) is 5.82 Å². The van der Waals surface area contributed by atoms with Gasteiger partial charge in [-0.15, -0.1) is 11.3 Å². The number of benzene rings is 3. The van der Waals surface area contributed by atoms with E-state index in [1.807, 2.05) is 36.4 Å². The first-order valence-corrected chi connectivity index (χ1v) is 13.6. The summed E-state index contributed by atoms with van der Waals surface area (Å²) >= 11 is 1.49. The number of hydrogen-bond donors (Lipinski definition) is 4. The third-order valence-electron chi connectivity index (χ3n) is 6.63. The molecule has 1 saturated heterocycles. The van der Waals surface area contributed by atoms with Crippen LogP contribution >= 0.6 is 11.3 Å². The molecule has 1 aliphatic heterocycles. The van der Waals surface area contributed by atoms with E-state index in [-0.39, 0.29) is 5.75 Å². The number of aromatic amines is 1. The first kappa shape index (κ1) is 26.0. The summed E-state index contributed by atoms with van der Waals surface area (Å²) in [5.41, 5.74) is 5.57. The molecule has 1 aliphatic rings. The molecular formula is C29H24N8O3S. The van der Waals surface area contributed by atoms with Gasteiger partial charge in [-0.2, -0.15) is 15.5 Å². The van der Waals surface area contributed by atoms with Gasteiger partial charge in [-0.05, 0) is 40.6 Å². The number of nitrogens with one attached hydrogen (secondary N) is 3. The monoisotopic (exact) mass is 564 g/mol. The van der Waals surface area contributed by atoms with E-state index in [0.717, 1.165) is 31.8 Å². The van der Waals surface area contributed by atoms with E-state index in [1.165, 1.54) is 23.9 Å². The number of hydrazone groups is 1. The van der Waals surface area contributed by atoms with Gasteiger partial charge in [-0.3, -0.25) is 5.10 Å². The molecule has 5 aromatic rings. The van der Waals surface area contributed by atoms with Crippen molar-refractivity contribution in [3.63, 3.8) is 0 Å². The first-order chi connectivity index (χ1) is 20.1. The molecule has 41 heavy (non-hydrogen) atoms. The predicted octanol–water partition coefficient (Wildman–Crippen LogP) is 4.92. The highest BCUT2D eigenvalue weighted by molar-refractivity contribution is 7.20. The summed E-state index contributed by atoms with van der Waals surface area (Å²) in [6.45, 7) is 2.61. The summed E-state index contributed by atoms with van der Waals surface area (Å²) < 4.78 is 5.49. The number of thiophene rings is 1. The van der Waals surface area contributed by atoms with E-state index < -0.39 is 6.03 Å². The molecule has 3 heterocycles. The zero-order valence-corrected chi connectivity index (χ0v) is 22.5. The molecule has 0 radical (unpaired) electrons. The van der Waals surface area contributed by atoms with E-state index in [4.69, 9.17) is 4.74 Å². The van der Waals surface area contributed by atoms with Crippen LogP contribution in [0.4, 0.5) is 15.5 Å². The molecule has 11 nitrogen and oxygen atoms in total. The molecule has 2 aromatic heterocycles. The van der Waals surface area contributed by atoms with Crippen molar-refractivity contribution in [1.82, 2.24) is 20.6 Å². The number of nitriles is 1. The van der Waals surface area contributed by atoms with Gasteiger partial charge in [0.2, 0.25) is 0 Å². The van der Waals surface area contributed by atoms with Crippen LogP contribution in [0.5, 0.6) is 5.75 Å². The predicted molar refractivity (Wildman–Crippen MR) is 158 cm³/mol. The Kier molecular flexibility index (Phi) is 7.27. The van der Waals surface area contributed by atoms with Crippen LogP contribution < -0.4 is 15.6 Å². The summed E-state index contributed by atoms with van der Waals surface area (Å²) in [6.07, 6.45) is 2.83. The molecule has 12 heteroatoms. The number of rotatable bonds is 6. The van der Waals surface area contributed by atoms with E-state index in [9.17, 15) is 15.2 Å². The number of fused-ring (bicyclic) bond motifs is 1. The van der Waals surface area contributed by atoms with E-state index in [0.29, 0.717) is 48.9 Å². The van der Waals surface area contributed by atoms with Crippen LogP contribution in [-0.4, -0.2) is 58.8 Å². The molecule has 4 N–H and O–H groups in total. The fraction of sp³-hybridized carbons (Fsp3) is 0.138. The van der Waals surface area contributed by atoms with Crippen LogP contribution in [0.3, 0.4) is 0 Å². The highest BCUT2D eigenvalue weighted by Gasteiger charge is 2.26. The maximum atomic E-state index is 12.5.